The Labute approximate surface area is 132 Å². The predicted octanol–water partition coefficient (Wildman–Crippen LogP) is 3.39. The highest BCUT2D eigenvalue weighted by molar-refractivity contribution is 5.91. The molecule has 2 saturated carbocycles. The average Bonchev–Trinajstić information content (AvgIpc) is 2.46. The van der Waals surface area contributed by atoms with Gasteiger partial charge in [0.1, 0.15) is 0 Å². The third kappa shape index (κ3) is 1.93. The maximum Gasteiger partial charge on any atom is 0.220 e. The Balaban J connectivity index is 1.67. The van der Waals surface area contributed by atoms with Crippen molar-refractivity contribution < 1.29 is 9.59 Å². The second-order valence-corrected chi connectivity index (χ2v) is 8.51. The van der Waals surface area contributed by atoms with Gasteiger partial charge in [-0.2, -0.15) is 0 Å². The summed E-state index contributed by atoms with van der Waals surface area (Å²) in [5.74, 6) is 2.61. The van der Waals surface area contributed by atoms with Gasteiger partial charge in [-0.3, -0.25) is 9.59 Å². The number of nitrogens with one attached hydrogen (secondary N) is 1. The maximum absolute atomic E-state index is 11.9. The molecule has 1 aliphatic heterocycles. The van der Waals surface area contributed by atoms with E-state index < -0.39 is 0 Å². The molecular weight excluding hydrogens is 274 g/mol. The van der Waals surface area contributed by atoms with Crippen LogP contribution in [-0.4, -0.2) is 17.2 Å². The highest BCUT2D eigenvalue weighted by Gasteiger charge is 2.56. The summed E-state index contributed by atoms with van der Waals surface area (Å²) in [4.78, 5) is 23.7. The minimum absolute atomic E-state index is 0.0125. The van der Waals surface area contributed by atoms with Gasteiger partial charge in [-0.1, -0.05) is 12.5 Å². The van der Waals surface area contributed by atoms with Gasteiger partial charge in [-0.05, 0) is 74.7 Å². The molecule has 0 spiro atoms. The molecule has 4 rings (SSSR count). The highest BCUT2D eigenvalue weighted by Crippen LogP contribution is 2.60. The molecule has 1 saturated heterocycles. The fourth-order valence-electron chi connectivity index (χ4n) is 6.23. The van der Waals surface area contributed by atoms with Crippen LogP contribution >= 0.6 is 0 Å². The monoisotopic (exact) mass is 301 g/mol. The Bertz CT molecular complexity index is 566. The number of amides is 1. The lowest BCUT2D eigenvalue weighted by molar-refractivity contribution is -0.132. The van der Waals surface area contributed by atoms with Gasteiger partial charge in [0.2, 0.25) is 5.91 Å². The molecule has 3 fully saturated rings. The molecule has 22 heavy (non-hydrogen) atoms. The Morgan fingerprint density at radius 1 is 1.00 bits per heavy atom. The van der Waals surface area contributed by atoms with Gasteiger partial charge >= 0.3 is 0 Å². The van der Waals surface area contributed by atoms with Crippen LogP contribution in [0.15, 0.2) is 11.6 Å². The zero-order valence-corrected chi connectivity index (χ0v) is 13.8. The number of fused-ring (bicyclic) bond motifs is 5. The van der Waals surface area contributed by atoms with Crippen LogP contribution < -0.4 is 5.32 Å². The van der Waals surface area contributed by atoms with E-state index in [0.717, 1.165) is 38.0 Å². The van der Waals surface area contributed by atoms with E-state index in [0.29, 0.717) is 24.0 Å². The molecule has 0 aromatic carbocycles. The van der Waals surface area contributed by atoms with Crippen LogP contribution in [-0.2, 0) is 9.59 Å². The number of hydrogen-bond donors (Lipinski definition) is 1. The van der Waals surface area contributed by atoms with Crippen molar-refractivity contribution in [2.75, 3.05) is 0 Å². The van der Waals surface area contributed by atoms with Crippen molar-refractivity contribution >= 4 is 11.7 Å². The van der Waals surface area contributed by atoms with Crippen LogP contribution in [0.4, 0.5) is 0 Å². The third-order valence-electron chi connectivity index (χ3n) is 7.46. The number of rotatable bonds is 0. The molecule has 1 N–H and O–H groups in total. The number of allylic oxidation sites excluding steroid dienone is 2. The van der Waals surface area contributed by atoms with Gasteiger partial charge < -0.3 is 5.32 Å². The summed E-state index contributed by atoms with van der Waals surface area (Å²) in [6, 6.07) is 0. The zero-order valence-electron chi connectivity index (χ0n) is 13.8. The van der Waals surface area contributed by atoms with Crippen LogP contribution in [0, 0.1) is 23.2 Å². The summed E-state index contributed by atoms with van der Waals surface area (Å²) in [7, 11) is 0. The number of carbonyl (C=O) groups excluding carboxylic acids is 2. The second-order valence-electron chi connectivity index (χ2n) is 8.51. The first-order valence-electron chi connectivity index (χ1n) is 8.97. The fraction of sp³-hybridized carbons (Fsp3) is 0.789. The summed E-state index contributed by atoms with van der Waals surface area (Å²) in [6.45, 7) is 4.68. The summed E-state index contributed by atoms with van der Waals surface area (Å²) < 4.78 is 0. The van der Waals surface area contributed by atoms with Gasteiger partial charge in [0.25, 0.3) is 0 Å². The first kappa shape index (κ1) is 14.5. The van der Waals surface area contributed by atoms with Crippen molar-refractivity contribution in [3.63, 3.8) is 0 Å². The topological polar surface area (TPSA) is 46.2 Å². The summed E-state index contributed by atoms with van der Waals surface area (Å²) >= 11 is 0. The molecule has 1 heterocycles. The van der Waals surface area contributed by atoms with E-state index in [9.17, 15) is 9.59 Å². The Morgan fingerprint density at radius 3 is 2.64 bits per heavy atom. The lowest BCUT2D eigenvalue weighted by Gasteiger charge is -2.59. The molecule has 3 nitrogen and oxygen atoms in total. The molecule has 0 bridgehead atoms. The number of piperidine rings is 1. The van der Waals surface area contributed by atoms with Crippen molar-refractivity contribution in [1.29, 1.82) is 0 Å². The van der Waals surface area contributed by atoms with Crippen molar-refractivity contribution in [3.05, 3.63) is 11.6 Å². The van der Waals surface area contributed by atoms with E-state index in [2.05, 4.69) is 19.2 Å². The standard InChI is InChI=1S/C19H27NO2/c1-18-9-7-13(21)11-12(18)3-4-14-15(18)8-10-19(2)16(14)5-6-17(22)20-19/h11,14-16H,3-10H2,1-2H3,(H,20,22)/t14-,15+,16-,18+,19-/m0/s1. The van der Waals surface area contributed by atoms with Crippen LogP contribution in [0.2, 0.25) is 0 Å². The van der Waals surface area contributed by atoms with E-state index in [1.54, 1.807) is 0 Å². The van der Waals surface area contributed by atoms with Crippen LogP contribution in [0.1, 0.15) is 65.2 Å². The van der Waals surface area contributed by atoms with E-state index in [1.165, 1.54) is 18.4 Å². The molecule has 5 atom stereocenters. The fourth-order valence-corrected chi connectivity index (χ4v) is 6.23. The van der Waals surface area contributed by atoms with Crippen LogP contribution in [0.3, 0.4) is 0 Å². The quantitative estimate of drug-likeness (QED) is 0.745. The van der Waals surface area contributed by atoms with E-state index in [-0.39, 0.29) is 16.9 Å². The lowest BCUT2D eigenvalue weighted by atomic mass is 9.47. The lowest BCUT2D eigenvalue weighted by Crippen LogP contribution is -2.62. The molecule has 120 valence electrons. The molecular formula is C19H27NO2. The first-order chi connectivity index (χ1) is 10.4. The molecule has 0 radical (unpaired) electrons. The average molecular weight is 301 g/mol. The number of ketones is 1. The number of carbonyl (C=O) groups is 2. The Morgan fingerprint density at radius 2 is 1.82 bits per heavy atom. The van der Waals surface area contributed by atoms with Crippen molar-refractivity contribution in [2.45, 2.75) is 70.8 Å². The van der Waals surface area contributed by atoms with Crippen LogP contribution in [0.25, 0.3) is 0 Å². The zero-order chi connectivity index (χ0) is 15.5. The van der Waals surface area contributed by atoms with Crippen molar-refractivity contribution in [3.8, 4) is 0 Å². The van der Waals surface area contributed by atoms with E-state index in [4.69, 9.17) is 0 Å². The minimum Gasteiger partial charge on any atom is -0.351 e. The van der Waals surface area contributed by atoms with Gasteiger partial charge in [0.15, 0.2) is 5.78 Å². The summed E-state index contributed by atoms with van der Waals surface area (Å²) in [6.07, 6.45) is 10.1. The molecule has 3 heteroatoms. The molecule has 0 aromatic heterocycles. The number of hydrogen-bond acceptors (Lipinski definition) is 2. The Hall–Kier alpha value is -1.12. The summed E-state index contributed by atoms with van der Waals surface area (Å²) in [5, 5.41) is 3.31. The van der Waals surface area contributed by atoms with Gasteiger partial charge in [-0.15, -0.1) is 0 Å². The predicted molar refractivity (Wildman–Crippen MR) is 85.2 cm³/mol. The molecule has 0 aromatic rings. The van der Waals surface area contributed by atoms with E-state index >= 15 is 0 Å². The minimum atomic E-state index is 0.0125. The van der Waals surface area contributed by atoms with Crippen molar-refractivity contribution in [2.24, 2.45) is 23.2 Å². The second kappa shape index (κ2) is 4.69. The molecule has 0 unspecified atom stereocenters. The van der Waals surface area contributed by atoms with Gasteiger partial charge in [0.05, 0.1) is 0 Å². The molecule has 3 aliphatic carbocycles. The summed E-state index contributed by atoms with van der Waals surface area (Å²) in [5.41, 5.74) is 1.67. The molecule has 1 amide bonds. The third-order valence-corrected chi connectivity index (χ3v) is 7.46. The molecule has 4 aliphatic rings. The normalized spacial score (nSPS) is 47.7. The van der Waals surface area contributed by atoms with Gasteiger partial charge in [-0.25, -0.2) is 0 Å². The SMILES string of the molecule is C[C@]12CC[C@@H]3[C@H](CCC4=CC(=O)CC[C@]43C)[C@@H]1CCC(=O)N2. The van der Waals surface area contributed by atoms with Gasteiger partial charge in [0, 0.05) is 18.4 Å². The Kier molecular flexibility index (Phi) is 3.08. The van der Waals surface area contributed by atoms with Crippen LogP contribution in [0.5, 0.6) is 0 Å². The highest BCUT2D eigenvalue weighted by atomic mass is 16.1. The van der Waals surface area contributed by atoms with E-state index in [1.807, 2.05) is 6.08 Å². The first-order valence-corrected chi connectivity index (χ1v) is 8.97. The smallest absolute Gasteiger partial charge is 0.220 e. The largest absolute Gasteiger partial charge is 0.351 e. The van der Waals surface area contributed by atoms with Crippen molar-refractivity contribution in [1.82, 2.24) is 5.32 Å². The maximum atomic E-state index is 11.9.